The summed E-state index contributed by atoms with van der Waals surface area (Å²) >= 11 is 0. The molecular weight excluding hydrogens is 354 g/mol. The fourth-order valence-electron chi connectivity index (χ4n) is 2.29. The van der Waals surface area contributed by atoms with E-state index in [9.17, 15) is 18.0 Å². The topological polar surface area (TPSA) is 104 Å². The molecule has 0 bridgehead atoms. The van der Waals surface area contributed by atoms with Crippen LogP contribution in [0, 0.1) is 0 Å². The van der Waals surface area contributed by atoms with E-state index in [4.69, 9.17) is 0 Å². The average Bonchev–Trinajstić information content (AvgIpc) is 2.62. The summed E-state index contributed by atoms with van der Waals surface area (Å²) in [6.45, 7) is 3.82. The molecule has 0 aliphatic carbocycles. The quantitative estimate of drug-likeness (QED) is 0.722. The van der Waals surface area contributed by atoms with E-state index in [-0.39, 0.29) is 22.2 Å². The number of carbonyl (C=O) groups is 2. The van der Waals surface area contributed by atoms with Crippen molar-refractivity contribution in [2.45, 2.75) is 18.7 Å². The Labute approximate surface area is 152 Å². The smallest absolute Gasteiger partial charge is 0.319 e. The first kappa shape index (κ1) is 19.5. The third-order valence-corrected chi connectivity index (χ3v) is 5.35. The molecule has 3 amide bonds. The molecule has 138 valence electrons. The summed E-state index contributed by atoms with van der Waals surface area (Å²) in [5.74, 6) is -0.628. The Morgan fingerprint density at radius 2 is 1.58 bits per heavy atom. The molecule has 0 aliphatic heterocycles. The number of urea groups is 1. The van der Waals surface area contributed by atoms with E-state index in [2.05, 4.69) is 16.0 Å². The SMILES string of the molecule is CCNC(=O)Nc1cccc(NC(=O)c2ccccc2S(=O)(=O)CC)c1. The van der Waals surface area contributed by atoms with Crippen molar-refractivity contribution < 1.29 is 18.0 Å². The summed E-state index contributed by atoms with van der Waals surface area (Å²) in [4.78, 5) is 24.1. The Morgan fingerprint density at radius 1 is 0.923 bits per heavy atom. The zero-order chi connectivity index (χ0) is 19.2. The molecule has 0 atom stereocenters. The number of rotatable bonds is 6. The molecule has 0 saturated heterocycles. The lowest BCUT2D eigenvalue weighted by Gasteiger charge is -2.11. The van der Waals surface area contributed by atoms with Gasteiger partial charge < -0.3 is 16.0 Å². The first-order chi connectivity index (χ1) is 12.4. The normalized spacial score (nSPS) is 10.8. The molecule has 0 spiro atoms. The Hall–Kier alpha value is -2.87. The van der Waals surface area contributed by atoms with Crippen LogP contribution in [0.5, 0.6) is 0 Å². The molecule has 0 unspecified atom stereocenters. The van der Waals surface area contributed by atoms with Crippen molar-refractivity contribution in [2.24, 2.45) is 0 Å². The second kappa shape index (κ2) is 8.48. The summed E-state index contributed by atoms with van der Waals surface area (Å²) in [5.41, 5.74) is 1.02. The van der Waals surface area contributed by atoms with Crippen molar-refractivity contribution in [3.8, 4) is 0 Å². The van der Waals surface area contributed by atoms with Gasteiger partial charge in [0.25, 0.3) is 5.91 Å². The van der Waals surface area contributed by atoms with Gasteiger partial charge in [0.2, 0.25) is 0 Å². The van der Waals surface area contributed by atoms with Crippen LogP contribution in [0.1, 0.15) is 24.2 Å². The molecule has 0 heterocycles. The second-order valence-electron chi connectivity index (χ2n) is 5.42. The van der Waals surface area contributed by atoms with Gasteiger partial charge in [-0.15, -0.1) is 0 Å². The van der Waals surface area contributed by atoms with E-state index in [1.807, 2.05) is 0 Å². The molecule has 0 fully saturated rings. The van der Waals surface area contributed by atoms with Gasteiger partial charge in [0.15, 0.2) is 9.84 Å². The molecule has 26 heavy (non-hydrogen) atoms. The predicted molar refractivity (Wildman–Crippen MR) is 101 cm³/mol. The summed E-state index contributed by atoms with van der Waals surface area (Å²) in [5, 5.41) is 7.92. The maximum Gasteiger partial charge on any atom is 0.319 e. The van der Waals surface area contributed by atoms with Crippen LogP contribution in [-0.2, 0) is 9.84 Å². The van der Waals surface area contributed by atoms with Crippen LogP contribution in [0.15, 0.2) is 53.4 Å². The van der Waals surface area contributed by atoms with E-state index in [1.165, 1.54) is 19.1 Å². The van der Waals surface area contributed by atoms with E-state index in [0.717, 1.165) is 0 Å². The number of nitrogens with one attached hydrogen (secondary N) is 3. The fourth-order valence-corrected chi connectivity index (χ4v) is 3.38. The molecule has 0 aliphatic rings. The second-order valence-corrected chi connectivity index (χ2v) is 7.67. The molecule has 7 nitrogen and oxygen atoms in total. The van der Waals surface area contributed by atoms with Gasteiger partial charge in [0.05, 0.1) is 16.2 Å². The molecule has 0 aromatic heterocycles. The molecule has 2 rings (SSSR count). The van der Waals surface area contributed by atoms with Crippen LogP contribution in [0.2, 0.25) is 0 Å². The van der Waals surface area contributed by atoms with Gasteiger partial charge in [-0.1, -0.05) is 25.1 Å². The first-order valence-corrected chi connectivity index (χ1v) is 9.80. The summed E-state index contributed by atoms with van der Waals surface area (Å²) in [6.07, 6.45) is 0. The van der Waals surface area contributed by atoms with Crippen molar-refractivity contribution in [1.82, 2.24) is 5.32 Å². The minimum Gasteiger partial charge on any atom is -0.338 e. The largest absolute Gasteiger partial charge is 0.338 e. The van der Waals surface area contributed by atoms with E-state index < -0.39 is 15.7 Å². The Balaban J connectivity index is 2.23. The number of amides is 3. The molecule has 2 aromatic carbocycles. The number of sulfone groups is 1. The molecular formula is C18H21N3O4S. The third kappa shape index (κ3) is 4.82. The Kier molecular flexibility index (Phi) is 6.35. The van der Waals surface area contributed by atoms with Crippen LogP contribution >= 0.6 is 0 Å². The maximum atomic E-state index is 12.6. The van der Waals surface area contributed by atoms with Crippen LogP contribution in [-0.4, -0.2) is 32.7 Å². The third-order valence-electron chi connectivity index (χ3n) is 3.56. The van der Waals surface area contributed by atoms with Crippen molar-refractivity contribution in [1.29, 1.82) is 0 Å². The summed E-state index contributed by atoms with van der Waals surface area (Å²) < 4.78 is 24.4. The highest BCUT2D eigenvalue weighted by molar-refractivity contribution is 7.91. The molecule has 2 aromatic rings. The highest BCUT2D eigenvalue weighted by atomic mass is 32.2. The Bertz CT molecular complexity index is 910. The number of benzene rings is 2. The van der Waals surface area contributed by atoms with Gasteiger partial charge in [0.1, 0.15) is 0 Å². The van der Waals surface area contributed by atoms with Crippen LogP contribution in [0.25, 0.3) is 0 Å². The number of hydrogen-bond acceptors (Lipinski definition) is 4. The Morgan fingerprint density at radius 3 is 2.23 bits per heavy atom. The highest BCUT2D eigenvalue weighted by Crippen LogP contribution is 2.20. The molecule has 0 radical (unpaired) electrons. The standard InChI is InChI=1S/C18H21N3O4S/c1-3-19-18(23)21-14-9-7-8-13(12-14)20-17(22)15-10-5-6-11-16(15)26(24,25)4-2/h5-12H,3-4H2,1-2H3,(H,20,22)(H2,19,21,23). The predicted octanol–water partition coefficient (Wildman–Crippen LogP) is 2.87. The van der Waals surface area contributed by atoms with Gasteiger partial charge in [-0.25, -0.2) is 13.2 Å². The maximum absolute atomic E-state index is 12.6. The van der Waals surface area contributed by atoms with Crippen molar-refractivity contribution in [3.63, 3.8) is 0 Å². The number of hydrogen-bond donors (Lipinski definition) is 3. The average molecular weight is 375 g/mol. The van der Waals surface area contributed by atoms with Crippen LogP contribution in [0.4, 0.5) is 16.2 Å². The van der Waals surface area contributed by atoms with Gasteiger partial charge in [-0.05, 0) is 37.3 Å². The van der Waals surface area contributed by atoms with Gasteiger partial charge >= 0.3 is 6.03 Å². The van der Waals surface area contributed by atoms with Gasteiger partial charge in [-0.2, -0.15) is 0 Å². The summed E-state index contributed by atoms with van der Waals surface area (Å²) in [6, 6.07) is 12.3. The lowest BCUT2D eigenvalue weighted by molar-refractivity contribution is 0.102. The monoisotopic (exact) mass is 375 g/mol. The highest BCUT2D eigenvalue weighted by Gasteiger charge is 2.20. The minimum atomic E-state index is -3.52. The van der Waals surface area contributed by atoms with Crippen molar-refractivity contribution in [2.75, 3.05) is 22.9 Å². The lowest BCUT2D eigenvalue weighted by Crippen LogP contribution is -2.28. The van der Waals surface area contributed by atoms with Gasteiger partial charge in [-0.3, -0.25) is 4.79 Å². The zero-order valence-electron chi connectivity index (χ0n) is 14.6. The fraction of sp³-hybridized carbons (Fsp3) is 0.222. The van der Waals surface area contributed by atoms with E-state index >= 15 is 0 Å². The van der Waals surface area contributed by atoms with E-state index in [1.54, 1.807) is 43.3 Å². The summed E-state index contributed by atoms with van der Waals surface area (Å²) in [7, 11) is -3.52. The molecule has 3 N–H and O–H groups in total. The first-order valence-electron chi connectivity index (χ1n) is 8.15. The number of carbonyl (C=O) groups excluding carboxylic acids is 2. The van der Waals surface area contributed by atoms with Crippen molar-refractivity contribution in [3.05, 3.63) is 54.1 Å². The van der Waals surface area contributed by atoms with E-state index in [0.29, 0.717) is 17.9 Å². The molecule has 0 saturated carbocycles. The van der Waals surface area contributed by atoms with Gasteiger partial charge in [0, 0.05) is 17.9 Å². The van der Waals surface area contributed by atoms with Crippen LogP contribution < -0.4 is 16.0 Å². The molecule has 8 heteroatoms. The van der Waals surface area contributed by atoms with Crippen molar-refractivity contribution >= 4 is 33.2 Å². The minimum absolute atomic E-state index is 0.00315. The lowest BCUT2D eigenvalue weighted by atomic mass is 10.2. The van der Waals surface area contributed by atoms with Crippen LogP contribution in [0.3, 0.4) is 0 Å². The zero-order valence-corrected chi connectivity index (χ0v) is 15.4. The number of anilines is 2.